The molecule has 0 spiro atoms. The molecule has 1 aromatic rings. The highest BCUT2D eigenvalue weighted by molar-refractivity contribution is 8.01. The highest BCUT2D eigenvalue weighted by Gasteiger charge is 2.23. The van der Waals surface area contributed by atoms with Gasteiger partial charge in [-0.3, -0.25) is 4.79 Å². The van der Waals surface area contributed by atoms with Gasteiger partial charge in [-0.25, -0.2) is 0 Å². The number of nitrogens with one attached hydrogen (secondary N) is 1. The van der Waals surface area contributed by atoms with Gasteiger partial charge in [0, 0.05) is 15.0 Å². The molecule has 0 saturated heterocycles. The average Bonchev–Trinajstić information content (AvgIpc) is 2.31. The smallest absolute Gasteiger partial charge is 0.237 e. The first kappa shape index (κ1) is 12.8. The fraction of sp³-hybridized carbons (Fsp3) is 0.417. The van der Waals surface area contributed by atoms with Crippen LogP contribution in [-0.2, 0) is 4.79 Å². The highest BCUT2D eigenvalue weighted by Crippen LogP contribution is 2.38. The van der Waals surface area contributed by atoms with E-state index in [0.29, 0.717) is 0 Å². The van der Waals surface area contributed by atoms with E-state index < -0.39 is 0 Å². The molecule has 0 aliphatic carbocycles. The van der Waals surface area contributed by atoms with Gasteiger partial charge in [0.15, 0.2) is 0 Å². The van der Waals surface area contributed by atoms with Crippen LogP contribution in [0.15, 0.2) is 28.0 Å². The van der Waals surface area contributed by atoms with E-state index in [2.05, 4.69) is 5.32 Å². The summed E-state index contributed by atoms with van der Waals surface area (Å²) in [5.41, 5.74) is 0.883. The molecule has 2 unspecified atom stereocenters. The Balaban J connectivity index is 2.19. The molecular weight excluding hydrogens is 254 g/mol. The lowest BCUT2D eigenvalue weighted by Gasteiger charge is -2.22. The van der Waals surface area contributed by atoms with Crippen molar-refractivity contribution in [2.45, 2.75) is 34.1 Å². The zero-order chi connectivity index (χ0) is 12.4. The molecule has 17 heavy (non-hydrogen) atoms. The highest BCUT2D eigenvalue weighted by atomic mass is 32.2. The zero-order valence-electron chi connectivity index (χ0n) is 9.77. The Morgan fingerprint density at radius 3 is 3.06 bits per heavy atom. The molecule has 0 radical (unpaired) electrons. The van der Waals surface area contributed by atoms with E-state index in [1.807, 2.05) is 32.0 Å². The number of thioether (sulfide) groups is 2. The monoisotopic (exact) mass is 269 g/mol. The maximum absolute atomic E-state index is 11.6. The number of benzene rings is 1. The minimum atomic E-state index is -0.0302. The van der Waals surface area contributed by atoms with Crippen molar-refractivity contribution >= 4 is 35.1 Å². The van der Waals surface area contributed by atoms with E-state index in [1.54, 1.807) is 23.5 Å². The largest absolute Gasteiger partial charge is 0.395 e. The Hall–Kier alpha value is -0.650. The van der Waals surface area contributed by atoms with Crippen LogP contribution in [0, 0.1) is 0 Å². The third kappa shape index (κ3) is 2.97. The summed E-state index contributed by atoms with van der Waals surface area (Å²) in [6.45, 7) is 4.03. The lowest BCUT2D eigenvalue weighted by molar-refractivity contribution is -0.115. The topological polar surface area (TPSA) is 49.3 Å². The number of aliphatic hydroxyl groups is 1. The number of rotatable bonds is 3. The molecule has 1 heterocycles. The van der Waals surface area contributed by atoms with E-state index in [4.69, 9.17) is 5.11 Å². The molecule has 5 heteroatoms. The molecule has 3 nitrogen and oxygen atoms in total. The van der Waals surface area contributed by atoms with Gasteiger partial charge >= 0.3 is 0 Å². The molecule has 0 fully saturated rings. The van der Waals surface area contributed by atoms with Gasteiger partial charge in [-0.2, -0.15) is 0 Å². The molecule has 2 atom stereocenters. The first-order chi connectivity index (χ1) is 8.10. The van der Waals surface area contributed by atoms with Gasteiger partial charge in [0.25, 0.3) is 0 Å². The van der Waals surface area contributed by atoms with Crippen LogP contribution in [-0.4, -0.2) is 28.1 Å². The summed E-state index contributed by atoms with van der Waals surface area (Å²) in [6, 6.07) is 6.04. The minimum Gasteiger partial charge on any atom is -0.395 e. The molecular formula is C12H15NO2S2. The molecule has 0 bridgehead atoms. The maximum atomic E-state index is 11.6. The standard InChI is InChI=1S/C12H15NO2S2/c1-7(6-14)16-9-3-4-11-10(5-9)13-12(15)8(2)17-11/h3-5,7-8,14H,6H2,1-2H3,(H,13,15). The van der Waals surface area contributed by atoms with Crippen molar-refractivity contribution in [1.82, 2.24) is 0 Å². The summed E-state index contributed by atoms with van der Waals surface area (Å²) in [7, 11) is 0. The average molecular weight is 269 g/mol. The number of hydrogen-bond donors (Lipinski definition) is 2. The second kappa shape index (κ2) is 5.33. The second-order valence-electron chi connectivity index (χ2n) is 4.02. The summed E-state index contributed by atoms with van der Waals surface area (Å²) in [5.74, 6) is 0.0554. The van der Waals surface area contributed by atoms with E-state index >= 15 is 0 Å². The summed E-state index contributed by atoms with van der Waals surface area (Å²) in [6.07, 6.45) is 0. The summed E-state index contributed by atoms with van der Waals surface area (Å²) >= 11 is 3.19. The van der Waals surface area contributed by atoms with Crippen LogP contribution in [0.3, 0.4) is 0 Å². The molecule has 2 N–H and O–H groups in total. The summed E-state index contributed by atoms with van der Waals surface area (Å²) < 4.78 is 0. The number of hydrogen-bond acceptors (Lipinski definition) is 4. The first-order valence-electron chi connectivity index (χ1n) is 5.49. The number of anilines is 1. The SMILES string of the molecule is CC(CO)Sc1ccc2c(c1)NC(=O)C(C)S2. The number of aliphatic hydroxyl groups excluding tert-OH is 1. The number of carbonyl (C=O) groups excluding carboxylic acids is 1. The van der Waals surface area contributed by atoms with Gasteiger partial charge in [0.2, 0.25) is 5.91 Å². The third-order valence-electron chi connectivity index (χ3n) is 2.48. The molecule has 1 amide bonds. The van der Waals surface area contributed by atoms with Crippen molar-refractivity contribution in [3.05, 3.63) is 18.2 Å². The quantitative estimate of drug-likeness (QED) is 0.828. The first-order valence-corrected chi connectivity index (χ1v) is 7.25. The predicted octanol–water partition coefficient (Wildman–Crippen LogP) is 2.59. The Bertz CT molecular complexity index is 437. The van der Waals surface area contributed by atoms with Gasteiger partial charge in [0.1, 0.15) is 0 Å². The maximum Gasteiger partial charge on any atom is 0.237 e. The molecule has 1 aromatic carbocycles. The molecule has 92 valence electrons. The molecule has 1 aliphatic heterocycles. The molecule has 0 saturated carbocycles. The fourth-order valence-electron chi connectivity index (χ4n) is 1.53. The van der Waals surface area contributed by atoms with Crippen molar-refractivity contribution in [3.63, 3.8) is 0 Å². The van der Waals surface area contributed by atoms with Crippen LogP contribution in [0.5, 0.6) is 0 Å². The molecule has 0 aromatic heterocycles. The normalized spacial score (nSPS) is 20.6. The third-order valence-corrected chi connectivity index (χ3v) is 4.73. The van der Waals surface area contributed by atoms with Crippen molar-refractivity contribution in [2.75, 3.05) is 11.9 Å². The Morgan fingerprint density at radius 2 is 2.35 bits per heavy atom. The van der Waals surface area contributed by atoms with E-state index in [0.717, 1.165) is 15.5 Å². The Morgan fingerprint density at radius 1 is 1.59 bits per heavy atom. The van der Waals surface area contributed by atoms with Gasteiger partial charge in [-0.1, -0.05) is 6.92 Å². The fourth-order valence-corrected chi connectivity index (χ4v) is 3.33. The summed E-state index contributed by atoms with van der Waals surface area (Å²) in [5, 5.41) is 12.1. The van der Waals surface area contributed by atoms with Gasteiger partial charge in [-0.15, -0.1) is 23.5 Å². The van der Waals surface area contributed by atoms with Gasteiger partial charge in [-0.05, 0) is 25.1 Å². The number of fused-ring (bicyclic) bond motifs is 1. The van der Waals surface area contributed by atoms with Crippen LogP contribution in [0.2, 0.25) is 0 Å². The summed E-state index contributed by atoms with van der Waals surface area (Å²) in [4.78, 5) is 13.7. The Kier molecular flexibility index (Phi) is 4.01. The van der Waals surface area contributed by atoms with Gasteiger partial charge < -0.3 is 10.4 Å². The van der Waals surface area contributed by atoms with Crippen LogP contribution < -0.4 is 5.32 Å². The minimum absolute atomic E-state index is 0.0302. The van der Waals surface area contributed by atoms with E-state index in [-0.39, 0.29) is 23.0 Å². The predicted molar refractivity (Wildman–Crippen MR) is 72.8 cm³/mol. The van der Waals surface area contributed by atoms with Crippen molar-refractivity contribution < 1.29 is 9.90 Å². The van der Waals surface area contributed by atoms with Crippen LogP contribution in [0.25, 0.3) is 0 Å². The van der Waals surface area contributed by atoms with Crippen LogP contribution in [0.4, 0.5) is 5.69 Å². The van der Waals surface area contributed by atoms with E-state index in [9.17, 15) is 4.79 Å². The lowest BCUT2D eigenvalue weighted by atomic mass is 10.3. The van der Waals surface area contributed by atoms with Crippen molar-refractivity contribution in [3.8, 4) is 0 Å². The van der Waals surface area contributed by atoms with Gasteiger partial charge in [0.05, 0.1) is 17.5 Å². The second-order valence-corrected chi connectivity index (χ2v) is 6.91. The van der Waals surface area contributed by atoms with Crippen molar-refractivity contribution in [1.29, 1.82) is 0 Å². The number of amides is 1. The molecule has 2 rings (SSSR count). The zero-order valence-corrected chi connectivity index (χ0v) is 11.4. The van der Waals surface area contributed by atoms with Crippen LogP contribution in [0.1, 0.15) is 13.8 Å². The number of carbonyl (C=O) groups is 1. The lowest BCUT2D eigenvalue weighted by Crippen LogP contribution is -2.26. The Labute approximate surface area is 109 Å². The van der Waals surface area contributed by atoms with Crippen molar-refractivity contribution in [2.24, 2.45) is 0 Å². The van der Waals surface area contributed by atoms with E-state index in [1.165, 1.54) is 0 Å². The molecule has 1 aliphatic rings. The van der Waals surface area contributed by atoms with Crippen LogP contribution >= 0.6 is 23.5 Å².